The summed E-state index contributed by atoms with van der Waals surface area (Å²) in [6.45, 7) is 3.31. The lowest BCUT2D eigenvalue weighted by molar-refractivity contribution is -0.118. The zero-order valence-corrected chi connectivity index (χ0v) is 9.03. The second kappa shape index (κ2) is 4.57. The number of anilines is 1. The Bertz CT molecular complexity index is 370. The molecule has 0 unspecified atom stereocenters. The number of hydrogen-bond donors (Lipinski definition) is 1. The van der Waals surface area contributed by atoms with E-state index in [9.17, 15) is 13.6 Å². The van der Waals surface area contributed by atoms with E-state index < -0.39 is 11.6 Å². The summed E-state index contributed by atoms with van der Waals surface area (Å²) >= 11 is 5.59. The van der Waals surface area contributed by atoms with Crippen molar-refractivity contribution in [2.24, 2.45) is 5.92 Å². The Balaban J connectivity index is 3.00. The minimum absolute atomic E-state index is 0.151. The lowest BCUT2D eigenvalue weighted by Gasteiger charge is -2.10. The zero-order valence-electron chi connectivity index (χ0n) is 8.27. The zero-order chi connectivity index (χ0) is 11.6. The van der Waals surface area contributed by atoms with Gasteiger partial charge in [-0.2, -0.15) is 0 Å². The quantitative estimate of drug-likeness (QED) is 0.835. The fraction of sp³-hybridized carbons (Fsp3) is 0.300. The molecule has 0 fully saturated rings. The van der Waals surface area contributed by atoms with Gasteiger partial charge in [-0.15, -0.1) is 0 Å². The van der Waals surface area contributed by atoms with E-state index in [-0.39, 0.29) is 22.5 Å². The lowest BCUT2D eigenvalue weighted by Crippen LogP contribution is -2.18. The summed E-state index contributed by atoms with van der Waals surface area (Å²) in [7, 11) is 0. The summed E-state index contributed by atoms with van der Waals surface area (Å²) in [5, 5.41) is 2.14. The summed E-state index contributed by atoms with van der Waals surface area (Å²) in [5.74, 6) is -2.33. The molecule has 0 bridgehead atoms. The molecule has 1 aromatic rings. The van der Waals surface area contributed by atoms with Gasteiger partial charge < -0.3 is 5.32 Å². The molecule has 0 aromatic heterocycles. The molecule has 0 radical (unpaired) electrons. The van der Waals surface area contributed by atoms with E-state index in [0.717, 1.165) is 6.07 Å². The van der Waals surface area contributed by atoms with Crippen LogP contribution in [-0.2, 0) is 4.79 Å². The normalized spacial score (nSPS) is 10.5. The number of benzene rings is 1. The SMILES string of the molecule is CC(C)C(=O)Nc1c(F)cc(F)cc1Cl. The van der Waals surface area contributed by atoms with Gasteiger partial charge in [0.05, 0.1) is 10.7 Å². The number of nitrogens with one attached hydrogen (secondary N) is 1. The number of carbonyl (C=O) groups excluding carboxylic acids is 1. The van der Waals surface area contributed by atoms with Crippen LogP contribution in [0.25, 0.3) is 0 Å². The second-order valence-corrected chi connectivity index (χ2v) is 3.80. The molecule has 2 nitrogen and oxygen atoms in total. The average Bonchev–Trinajstić information content (AvgIpc) is 2.10. The largest absolute Gasteiger partial charge is 0.322 e. The molecule has 1 rings (SSSR count). The van der Waals surface area contributed by atoms with Gasteiger partial charge in [0.2, 0.25) is 5.91 Å². The monoisotopic (exact) mass is 233 g/mol. The van der Waals surface area contributed by atoms with Gasteiger partial charge in [0.25, 0.3) is 0 Å². The molecule has 1 N–H and O–H groups in total. The Kier molecular flexibility index (Phi) is 3.63. The smallest absolute Gasteiger partial charge is 0.227 e. The predicted molar refractivity (Wildman–Crippen MR) is 54.8 cm³/mol. The first kappa shape index (κ1) is 11.9. The van der Waals surface area contributed by atoms with Crippen molar-refractivity contribution in [2.75, 3.05) is 5.32 Å². The van der Waals surface area contributed by atoms with Crippen LogP contribution in [0.5, 0.6) is 0 Å². The second-order valence-electron chi connectivity index (χ2n) is 3.39. The average molecular weight is 234 g/mol. The summed E-state index contributed by atoms with van der Waals surface area (Å²) < 4.78 is 25.9. The van der Waals surface area contributed by atoms with Crippen LogP contribution in [0.4, 0.5) is 14.5 Å². The molecule has 0 atom stereocenters. The van der Waals surface area contributed by atoms with Crippen molar-refractivity contribution < 1.29 is 13.6 Å². The van der Waals surface area contributed by atoms with Crippen LogP contribution in [-0.4, -0.2) is 5.91 Å². The van der Waals surface area contributed by atoms with Crippen molar-refractivity contribution in [3.63, 3.8) is 0 Å². The molecule has 0 spiro atoms. The van der Waals surface area contributed by atoms with Gasteiger partial charge in [-0.05, 0) is 6.07 Å². The molecular formula is C10H10ClF2NO. The molecule has 0 heterocycles. The number of carbonyl (C=O) groups is 1. The molecule has 82 valence electrons. The standard InChI is InChI=1S/C10H10ClF2NO/c1-5(2)10(15)14-9-7(11)3-6(12)4-8(9)13/h3-5H,1-2H3,(H,14,15). The Hall–Kier alpha value is -1.16. The topological polar surface area (TPSA) is 29.1 Å². The Morgan fingerprint density at radius 1 is 1.40 bits per heavy atom. The fourth-order valence-corrected chi connectivity index (χ4v) is 1.17. The van der Waals surface area contributed by atoms with Crippen molar-refractivity contribution in [3.8, 4) is 0 Å². The van der Waals surface area contributed by atoms with E-state index in [1.54, 1.807) is 13.8 Å². The molecule has 0 aliphatic rings. The highest BCUT2D eigenvalue weighted by molar-refractivity contribution is 6.33. The van der Waals surface area contributed by atoms with Crippen molar-refractivity contribution in [1.29, 1.82) is 0 Å². The fourth-order valence-electron chi connectivity index (χ4n) is 0.929. The minimum atomic E-state index is -0.881. The third-order valence-electron chi connectivity index (χ3n) is 1.78. The Morgan fingerprint density at radius 2 is 2.00 bits per heavy atom. The van der Waals surface area contributed by atoms with Crippen LogP contribution in [0, 0.1) is 17.6 Å². The first-order chi connectivity index (χ1) is 6.91. The summed E-state index contributed by atoms with van der Waals surface area (Å²) in [6, 6.07) is 1.61. The van der Waals surface area contributed by atoms with Crippen LogP contribution in [0.1, 0.15) is 13.8 Å². The van der Waals surface area contributed by atoms with Crippen molar-refractivity contribution >= 4 is 23.2 Å². The van der Waals surface area contributed by atoms with Crippen LogP contribution in [0.15, 0.2) is 12.1 Å². The predicted octanol–water partition coefficient (Wildman–Crippen LogP) is 3.21. The van der Waals surface area contributed by atoms with Gasteiger partial charge >= 0.3 is 0 Å². The maximum absolute atomic E-state index is 13.2. The molecular weight excluding hydrogens is 224 g/mol. The van der Waals surface area contributed by atoms with Gasteiger partial charge in [-0.3, -0.25) is 4.79 Å². The van der Waals surface area contributed by atoms with E-state index in [4.69, 9.17) is 11.6 Å². The van der Waals surface area contributed by atoms with Gasteiger partial charge in [0, 0.05) is 12.0 Å². The van der Waals surface area contributed by atoms with Gasteiger partial charge in [-0.1, -0.05) is 25.4 Å². The molecule has 1 amide bonds. The maximum Gasteiger partial charge on any atom is 0.227 e. The lowest BCUT2D eigenvalue weighted by atomic mass is 10.2. The Labute approximate surface area is 91.2 Å². The highest BCUT2D eigenvalue weighted by atomic mass is 35.5. The van der Waals surface area contributed by atoms with E-state index in [2.05, 4.69) is 5.32 Å². The van der Waals surface area contributed by atoms with E-state index >= 15 is 0 Å². The molecule has 5 heteroatoms. The number of amides is 1. The van der Waals surface area contributed by atoms with Gasteiger partial charge in [0.1, 0.15) is 5.82 Å². The third kappa shape index (κ3) is 2.89. The maximum atomic E-state index is 13.2. The Morgan fingerprint density at radius 3 is 2.47 bits per heavy atom. The van der Waals surface area contributed by atoms with E-state index in [0.29, 0.717) is 6.07 Å². The number of hydrogen-bond acceptors (Lipinski definition) is 1. The highest BCUT2D eigenvalue weighted by Crippen LogP contribution is 2.26. The van der Waals surface area contributed by atoms with Crippen LogP contribution in [0.3, 0.4) is 0 Å². The molecule has 0 saturated heterocycles. The van der Waals surface area contributed by atoms with Gasteiger partial charge in [-0.25, -0.2) is 8.78 Å². The highest BCUT2D eigenvalue weighted by Gasteiger charge is 2.14. The number of halogens is 3. The van der Waals surface area contributed by atoms with Crippen molar-refractivity contribution in [2.45, 2.75) is 13.8 Å². The van der Waals surface area contributed by atoms with Crippen LogP contribution >= 0.6 is 11.6 Å². The molecule has 15 heavy (non-hydrogen) atoms. The number of rotatable bonds is 2. The van der Waals surface area contributed by atoms with Crippen LogP contribution < -0.4 is 5.32 Å². The van der Waals surface area contributed by atoms with E-state index in [1.165, 1.54) is 0 Å². The molecule has 0 aliphatic carbocycles. The molecule has 1 aromatic carbocycles. The van der Waals surface area contributed by atoms with Crippen molar-refractivity contribution in [3.05, 3.63) is 28.8 Å². The van der Waals surface area contributed by atoms with Crippen molar-refractivity contribution in [1.82, 2.24) is 0 Å². The summed E-state index contributed by atoms with van der Waals surface area (Å²) in [4.78, 5) is 11.3. The first-order valence-corrected chi connectivity index (χ1v) is 4.75. The molecule has 0 aliphatic heterocycles. The first-order valence-electron chi connectivity index (χ1n) is 4.37. The van der Waals surface area contributed by atoms with Crippen LogP contribution in [0.2, 0.25) is 5.02 Å². The third-order valence-corrected chi connectivity index (χ3v) is 2.08. The van der Waals surface area contributed by atoms with Gasteiger partial charge in [0.15, 0.2) is 5.82 Å². The van der Waals surface area contributed by atoms with E-state index in [1.807, 2.05) is 0 Å². The summed E-state index contributed by atoms with van der Waals surface area (Å²) in [6.07, 6.45) is 0. The summed E-state index contributed by atoms with van der Waals surface area (Å²) in [5.41, 5.74) is -0.184. The minimum Gasteiger partial charge on any atom is -0.322 e. The molecule has 0 saturated carbocycles.